The van der Waals surface area contributed by atoms with Gasteiger partial charge in [-0.05, 0) is 35.3 Å². The van der Waals surface area contributed by atoms with Gasteiger partial charge in [-0.1, -0.05) is 32.5 Å². The molecule has 2 heterocycles. The molecule has 2 aromatic rings. The van der Waals surface area contributed by atoms with Gasteiger partial charge < -0.3 is 24.5 Å². The van der Waals surface area contributed by atoms with Gasteiger partial charge in [0.2, 0.25) is 5.75 Å². The van der Waals surface area contributed by atoms with E-state index in [9.17, 15) is 9.59 Å². The summed E-state index contributed by atoms with van der Waals surface area (Å²) >= 11 is 1.46. The second-order valence-electron chi connectivity index (χ2n) is 8.92. The molecular weight excluding hydrogens is 442 g/mol. The molecule has 0 radical (unpaired) electrons. The van der Waals surface area contributed by atoms with Crippen LogP contribution in [0, 0.1) is 5.41 Å². The van der Waals surface area contributed by atoms with Gasteiger partial charge in [-0.2, -0.15) is 0 Å². The number of hydrogen-bond acceptors (Lipinski definition) is 8. The molecule has 4 rings (SSSR count). The van der Waals surface area contributed by atoms with E-state index in [2.05, 4.69) is 29.1 Å². The minimum Gasteiger partial charge on any atom is -0.493 e. The third kappa shape index (κ3) is 4.10. The first-order chi connectivity index (χ1) is 15.7. The largest absolute Gasteiger partial charge is 0.493 e. The van der Waals surface area contributed by atoms with Crippen molar-refractivity contribution >= 4 is 23.4 Å². The number of anilines is 1. The Morgan fingerprint density at radius 3 is 2.33 bits per heavy atom. The number of rotatable bonds is 6. The Kier molecular flexibility index (Phi) is 6.18. The minimum absolute atomic E-state index is 0.0181. The second kappa shape index (κ2) is 8.78. The standard InChI is InChI=1S/C24H29N3O5S/c1-7-33-23-26-21-19(22(29)27-23)17(18-13(25-21)10-24(2,3)11-14(18)28)12-8-15(30-4)20(32-6)16(9-12)31-5/h8-9,17H,7,10-11H2,1-6H3,(H2,25,26,27,29)/t17-/m1/s1. The van der Waals surface area contributed by atoms with Gasteiger partial charge in [0.1, 0.15) is 5.82 Å². The SMILES string of the molecule is CCSc1nc2c(c(=O)[nH]1)[C@H](c1cc(OC)c(OC)c(OC)c1)C1=C(CC(C)(C)CC1=O)N2. The lowest BCUT2D eigenvalue weighted by Crippen LogP contribution is -2.37. The molecule has 1 atom stereocenters. The fourth-order valence-corrected chi connectivity index (χ4v) is 5.29. The summed E-state index contributed by atoms with van der Waals surface area (Å²) in [7, 11) is 4.62. The molecular formula is C24H29N3O5S. The number of aromatic nitrogens is 2. The molecule has 0 saturated heterocycles. The van der Waals surface area contributed by atoms with Crippen molar-refractivity contribution in [1.82, 2.24) is 9.97 Å². The molecule has 33 heavy (non-hydrogen) atoms. The van der Waals surface area contributed by atoms with Crippen LogP contribution in [0.2, 0.25) is 0 Å². The minimum atomic E-state index is -0.606. The van der Waals surface area contributed by atoms with Gasteiger partial charge in [-0.25, -0.2) is 4.98 Å². The van der Waals surface area contributed by atoms with E-state index < -0.39 is 5.92 Å². The van der Waals surface area contributed by atoms with Crippen molar-refractivity contribution in [3.05, 3.63) is 44.9 Å². The van der Waals surface area contributed by atoms with Crippen LogP contribution in [0.15, 0.2) is 33.4 Å². The van der Waals surface area contributed by atoms with Crippen molar-refractivity contribution in [1.29, 1.82) is 0 Å². The number of ketones is 1. The Morgan fingerprint density at radius 2 is 1.76 bits per heavy atom. The fourth-order valence-electron chi connectivity index (χ4n) is 4.70. The monoisotopic (exact) mass is 471 g/mol. The summed E-state index contributed by atoms with van der Waals surface area (Å²) < 4.78 is 16.6. The molecule has 2 aliphatic rings. The van der Waals surface area contributed by atoms with Crippen molar-refractivity contribution in [2.75, 3.05) is 32.4 Å². The summed E-state index contributed by atoms with van der Waals surface area (Å²) in [6.07, 6.45) is 1.08. The van der Waals surface area contributed by atoms with Gasteiger partial charge in [0, 0.05) is 23.6 Å². The summed E-state index contributed by atoms with van der Waals surface area (Å²) in [4.78, 5) is 34.3. The van der Waals surface area contributed by atoms with Crippen molar-refractivity contribution in [2.24, 2.45) is 5.41 Å². The van der Waals surface area contributed by atoms with Crippen molar-refractivity contribution < 1.29 is 19.0 Å². The normalized spacial score (nSPS) is 18.8. The zero-order valence-electron chi connectivity index (χ0n) is 19.8. The Labute approximate surface area is 197 Å². The third-order valence-corrected chi connectivity index (χ3v) is 6.76. The van der Waals surface area contributed by atoms with E-state index in [1.165, 1.54) is 18.9 Å². The molecule has 0 bridgehead atoms. The number of fused-ring (bicyclic) bond motifs is 1. The van der Waals surface area contributed by atoms with Crippen molar-refractivity contribution in [3.8, 4) is 17.2 Å². The number of carbonyl (C=O) groups excluding carboxylic acids is 1. The van der Waals surface area contributed by atoms with Gasteiger partial charge in [0.25, 0.3) is 5.56 Å². The molecule has 8 nitrogen and oxygen atoms in total. The number of thioether (sulfide) groups is 1. The zero-order chi connectivity index (χ0) is 23.9. The van der Waals surface area contributed by atoms with Crippen molar-refractivity contribution in [3.63, 3.8) is 0 Å². The van der Waals surface area contributed by atoms with Crippen LogP contribution in [0.4, 0.5) is 5.82 Å². The molecule has 1 aliphatic carbocycles. The molecule has 176 valence electrons. The first kappa shape index (κ1) is 23.2. The highest BCUT2D eigenvalue weighted by Crippen LogP contribution is 2.50. The van der Waals surface area contributed by atoms with E-state index in [1.54, 1.807) is 26.4 Å². The van der Waals surface area contributed by atoms with Crippen LogP contribution in [-0.4, -0.2) is 42.8 Å². The molecule has 1 aromatic heterocycles. The van der Waals surface area contributed by atoms with E-state index in [0.29, 0.717) is 57.8 Å². The highest BCUT2D eigenvalue weighted by Gasteiger charge is 2.43. The maximum atomic E-state index is 13.4. The van der Waals surface area contributed by atoms with Crippen molar-refractivity contribution in [2.45, 2.75) is 44.7 Å². The number of allylic oxidation sites excluding steroid dienone is 2. The Morgan fingerprint density at radius 1 is 1.09 bits per heavy atom. The maximum absolute atomic E-state index is 13.4. The van der Waals surface area contributed by atoms with Gasteiger partial charge in [0.05, 0.1) is 26.9 Å². The second-order valence-corrected chi connectivity index (χ2v) is 10.2. The lowest BCUT2D eigenvalue weighted by atomic mass is 9.69. The third-order valence-electron chi connectivity index (χ3n) is 6.00. The quantitative estimate of drug-likeness (QED) is 0.479. The predicted molar refractivity (Wildman–Crippen MR) is 128 cm³/mol. The molecule has 1 aromatic carbocycles. The summed E-state index contributed by atoms with van der Waals surface area (Å²) in [6.45, 7) is 6.15. The van der Waals surface area contributed by atoms with Crippen LogP contribution in [0.5, 0.6) is 17.2 Å². The Balaban J connectivity index is 2.00. The number of hydrogen-bond donors (Lipinski definition) is 2. The van der Waals surface area contributed by atoms with Gasteiger partial charge in [-0.15, -0.1) is 0 Å². The Bertz CT molecular complexity index is 1180. The van der Waals surface area contributed by atoms with Gasteiger partial charge in [-0.3, -0.25) is 9.59 Å². The highest BCUT2D eigenvalue weighted by atomic mass is 32.2. The molecule has 1 aliphatic heterocycles. The molecule has 2 N–H and O–H groups in total. The molecule has 0 unspecified atom stereocenters. The number of nitrogens with one attached hydrogen (secondary N) is 2. The van der Waals surface area contributed by atoms with Crippen LogP contribution >= 0.6 is 11.8 Å². The van der Waals surface area contributed by atoms with Crippen LogP contribution in [0.1, 0.15) is 50.7 Å². The van der Waals surface area contributed by atoms with E-state index in [4.69, 9.17) is 14.2 Å². The maximum Gasteiger partial charge on any atom is 0.257 e. The number of aromatic amines is 1. The number of benzene rings is 1. The van der Waals surface area contributed by atoms with E-state index in [-0.39, 0.29) is 16.8 Å². The van der Waals surface area contributed by atoms with Crippen LogP contribution in [-0.2, 0) is 4.79 Å². The molecule has 9 heteroatoms. The smallest absolute Gasteiger partial charge is 0.257 e. The summed E-state index contributed by atoms with van der Waals surface area (Å²) in [5, 5.41) is 3.88. The average molecular weight is 472 g/mol. The van der Waals surface area contributed by atoms with Gasteiger partial charge >= 0.3 is 0 Å². The number of Topliss-reactive ketones (excluding diaryl/α,β-unsaturated/α-hetero) is 1. The Hall–Kier alpha value is -2.94. The van der Waals surface area contributed by atoms with Crippen LogP contribution < -0.4 is 25.1 Å². The first-order valence-corrected chi connectivity index (χ1v) is 11.8. The van der Waals surface area contributed by atoms with Crippen LogP contribution in [0.25, 0.3) is 0 Å². The fraction of sp³-hybridized carbons (Fsp3) is 0.458. The number of methoxy groups -OCH3 is 3. The highest BCUT2D eigenvalue weighted by molar-refractivity contribution is 7.99. The summed E-state index contributed by atoms with van der Waals surface area (Å²) in [5.41, 5.74) is 2.06. The van der Waals surface area contributed by atoms with E-state index >= 15 is 0 Å². The molecule has 0 fully saturated rings. The number of nitrogens with zero attached hydrogens (tertiary/aromatic N) is 1. The molecule has 0 saturated carbocycles. The van der Waals surface area contributed by atoms with E-state index in [0.717, 1.165) is 11.4 Å². The van der Waals surface area contributed by atoms with Crippen LogP contribution in [0.3, 0.4) is 0 Å². The summed E-state index contributed by atoms with van der Waals surface area (Å²) in [5.74, 6) is 2.04. The number of ether oxygens (including phenoxy) is 3. The lowest BCUT2D eigenvalue weighted by molar-refractivity contribution is -0.118. The molecule has 0 amide bonds. The van der Waals surface area contributed by atoms with E-state index in [1.807, 2.05) is 6.92 Å². The molecule has 0 spiro atoms. The zero-order valence-corrected chi connectivity index (χ0v) is 20.6. The van der Waals surface area contributed by atoms with Gasteiger partial charge in [0.15, 0.2) is 22.4 Å². The lowest BCUT2D eigenvalue weighted by Gasteiger charge is -2.38. The number of carbonyl (C=O) groups is 1. The first-order valence-electron chi connectivity index (χ1n) is 10.8. The summed E-state index contributed by atoms with van der Waals surface area (Å²) in [6, 6.07) is 3.60. The average Bonchev–Trinajstić information content (AvgIpc) is 2.75. The number of H-pyrrole nitrogens is 1. The predicted octanol–water partition coefficient (Wildman–Crippen LogP) is 4.11. The topological polar surface area (TPSA) is 103 Å².